The molecule has 2 rings (SSSR count). The Balaban J connectivity index is 2.08. The topological polar surface area (TPSA) is 25.8 Å². The number of pyridine rings is 2. The second-order valence-electron chi connectivity index (χ2n) is 6.75. The van der Waals surface area contributed by atoms with Gasteiger partial charge in [0, 0.05) is 30.2 Å². The third-order valence-electron chi connectivity index (χ3n) is 4.25. The summed E-state index contributed by atoms with van der Waals surface area (Å²) in [6.45, 7) is 9.09. The Labute approximate surface area is 135 Å². The van der Waals surface area contributed by atoms with Crippen molar-refractivity contribution in [2.75, 3.05) is 0 Å². The van der Waals surface area contributed by atoms with Gasteiger partial charge in [-0.05, 0) is 54.4 Å². The average Bonchev–Trinajstić information content (AvgIpc) is 2.48. The second-order valence-corrected chi connectivity index (χ2v) is 6.75. The normalized spacial score (nSPS) is 14.0. The van der Waals surface area contributed by atoms with Gasteiger partial charge in [0.05, 0.1) is 0 Å². The molecule has 2 aromatic heterocycles. The number of nitrogens with zero attached hydrogens (tertiary/aromatic N) is 2. The SMILES string of the molecule is CCC(c1ccccn1)C(C)Cc1cncc(CC(C)C)c1. The van der Waals surface area contributed by atoms with E-state index >= 15 is 0 Å². The summed E-state index contributed by atoms with van der Waals surface area (Å²) in [5.41, 5.74) is 3.91. The van der Waals surface area contributed by atoms with Gasteiger partial charge in [-0.3, -0.25) is 9.97 Å². The van der Waals surface area contributed by atoms with E-state index in [1.807, 2.05) is 24.7 Å². The van der Waals surface area contributed by atoms with Gasteiger partial charge < -0.3 is 0 Å². The first-order chi connectivity index (χ1) is 10.6. The number of rotatable bonds is 7. The molecule has 0 aliphatic rings. The Bertz CT molecular complexity index is 563. The van der Waals surface area contributed by atoms with E-state index in [2.05, 4.69) is 55.9 Å². The summed E-state index contributed by atoms with van der Waals surface area (Å²) < 4.78 is 0. The average molecular weight is 296 g/mol. The van der Waals surface area contributed by atoms with Crippen molar-refractivity contribution in [3.8, 4) is 0 Å². The van der Waals surface area contributed by atoms with Crippen molar-refractivity contribution in [1.29, 1.82) is 0 Å². The van der Waals surface area contributed by atoms with Gasteiger partial charge in [-0.25, -0.2) is 0 Å². The molecule has 2 aromatic rings. The fourth-order valence-corrected chi connectivity index (χ4v) is 3.25. The van der Waals surface area contributed by atoms with Crippen LogP contribution in [-0.2, 0) is 12.8 Å². The first-order valence-corrected chi connectivity index (χ1v) is 8.43. The van der Waals surface area contributed by atoms with Crippen molar-refractivity contribution in [2.45, 2.75) is 52.9 Å². The monoisotopic (exact) mass is 296 g/mol. The highest BCUT2D eigenvalue weighted by atomic mass is 14.7. The van der Waals surface area contributed by atoms with Gasteiger partial charge in [-0.1, -0.05) is 39.8 Å². The molecule has 22 heavy (non-hydrogen) atoms. The van der Waals surface area contributed by atoms with Gasteiger partial charge in [-0.2, -0.15) is 0 Å². The standard InChI is InChI=1S/C20H28N2/c1-5-19(20-8-6-7-9-22-20)16(4)11-18-12-17(10-15(2)3)13-21-14-18/h6-9,12-16,19H,5,10-11H2,1-4H3. The van der Waals surface area contributed by atoms with Crippen LogP contribution in [0.15, 0.2) is 42.9 Å². The zero-order valence-electron chi connectivity index (χ0n) is 14.3. The summed E-state index contributed by atoms with van der Waals surface area (Å²) in [5.74, 6) is 1.75. The zero-order chi connectivity index (χ0) is 15.9. The molecule has 0 fully saturated rings. The molecule has 0 aromatic carbocycles. The molecular formula is C20H28N2. The van der Waals surface area contributed by atoms with Crippen LogP contribution in [0.25, 0.3) is 0 Å². The summed E-state index contributed by atoms with van der Waals surface area (Å²) in [7, 11) is 0. The minimum Gasteiger partial charge on any atom is -0.264 e. The predicted molar refractivity (Wildman–Crippen MR) is 92.9 cm³/mol. The van der Waals surface area contributed by atoms with E-state index in [1.54, 1.807) is 0 Å². The second kappa shape index (κ2) is 8.07. The van der Waals surface area contributed by atoms with E-state index in [1.165, 1.54) is 16.8 Å². The molecule has 0 radical (unpaired) electrons. The highest BCUT2D eigenvalue weighted by molar-refractivity contribution is 5.20. The van der Waals surface area contributed by atoms with Gasteiger partial charge in [-0.15, -0.1) is 0 Å². The molecule has 0 amide bonds. The third-order valence-corrected chi connectivity index (χ3v) is 4.25. The van der Waals surface area contributed by atoms with Gasteiger partial charge in [0.25, 0.3) is 0 Å². The largest absolute Gasteiger partial charge is 0.264 e. The van der Waals surface area contributed by atoms with Crippen molar-refractivity contribution in [2.24, 2.45) is 11.8 Å². The fourth-order valence-electron chi connectivity index (χ4n) is 3.25. The first kappa shape index (κ1) is 16.7. The molecule has 0 saturated carbocycles. The quantitative estimate of drug-likeness (QED) is 0.714. The molecule has 118 valence electrons. The Morgan fingerprint density at radius 2 is 1.73 bits per heavy atom. The fraction of sp³-hybridized carbons (Fsp3) is 0.500. The van der Waals surface area contributed by atoms with Gasteiger partial charge in [0.2, 0.25) is 0 Å². The van der Waals surface area contributed by atoms with Crippen molar-refractivity contribution < 1.29 is 0 Å². The van der Waals surface area contributed by atoms with Crippen LogP contribution < -0.4 is 0 Å². The molecule has 0 N–H and O–H groups in total. The molecule has 2 nitrogen and oxygen atoms in total. The van der Waals surface area contributed by atoms with Gasteiger partial charge in [0.1, 0.15) is 0 Å². The summed E-state index contributed by atoms with van der Waals surface area (Å²) in [5, 5.41) is 0. The van der Waals surface area contributed by atoms with E-state index in [0.717, 1.165) is 19.3 Å². The molecular weight excluding hydrogens is 268 g/mol. The summed E-state index contributed by atoms with van der Waals surface area (Å²) in [6.07, 6.45) is 9.21. The lowest BCUT2D eigenvalue weighted by Crippen LogP contribution is -2.13. The van der Waals surface area contributed by atoms with Crippen molar-refractivity contribution in [3.63, 3.8) is 0 Å². The third kappa shape index (κ3) is 4.66. The Morgan fingerprint density at radius 1 is 1.00 bits per heavy atom. The molecule has 2 unspecified atom stereocenters. The first-order valence-electron chi connectivity index (χ1n) is 8.43. The molecule has 0 aliphatic heterocycles. The number of hydrogen-bond acceptors (Lipinski definition) is 2. The van der Waals surface area contributed by atoms with Crippen LogP contribution in [0.2, 0.25) is 0 Å². The van der Waals surface area contributed by atoms with Crippen LogP contribution in [0.1, 0.15) is 56.9 Å². The highest BCUT2D eigenvalue weighted by Crippen LogP contribution is 2.29. The summed E-state index contributed by atoms with van der Waals surface area (Å²) in [4.78, 5) is 8.99. The lowest BCUT2D eigenvalue weighted by molar-refractivity contribution is 0.436. The maximum atomic E-state index is 4.55. The molecule has 2 atom stereocenters. The predicted octanol–water partition coefficient (Wildman–Crippen LogP) is 5.05. The molecule has 0 saturated heterocycles. The smallest absolute Gasteiger partial charge is 0.0437 e. The minimum atomic E-state index is 0.509. The lowest BCUT2D eigenvalue weighted by Gasteiger charge is -2.22. The van der Waals surface area contributed by atoms with Gasteiger partial charge in [0.15, 0.2) is 0 Å². The van der Waals surface area contributed by atoms with Crippen LogP contribution in [0, 0.1) is 11.8 Å². The molecule has 0 aliphatic carbocycles. The van der Waals surface area contributed by atoms with Gasteiger partial charge >= 0.3 is 0 Å². The Hall–Kier alpha value is -1.70. The van der Waals surface area contributed by atoms with Crippen LogP contribution >= 0.6 is 0 Å². The van der Waals surface area contributed by atoms with E-state index in [4.69, 9.17) is 0 Å². The van der Waals surface area contributed by atoms with E-state index in [0.29, 0.717) is 17.8 Å². The molecule has 0 bridgehead atoms. The zero-order valence-corrected chi connectivity index (χ0v) is 14.3. The summed E-state index contributed by atoms with van der Waals surface area (Å²) >= 11 is 0. The van der Waals surface area contributed by atoms with Crippen LogP contribution in [0.4, 0.5) is 0 Å². The molecule has 2 heteroatoms. The van der Waals surface area contributed by atoms with Crippen molar-refractivity contribution in [3.05, 3.63) is 59.7 Å². The van der Waals surface area contributed by atoms with Crippen molar-refractivity contribution in [1.82, 2.24) is 9.97 Å². The lowest BCUT2D eigenvalue weighted by atomic mass is 9.84. The number of aromatic nitrogens is 2. The highest BCUT2D eigenvalue weighted by Gasteiger charge is 2.19. The number of hydrogen-bond donors (Lipinski definition) is 0. The minimum absolute atomic E-state index is 0.509. The Kier molecular flexibility index (Phi) is 6.11. The van der Waals surface area contributed by atoms with Crippen LogP contribution in [0.3, 0.4) is 0 Å². The maximum absolute atomic E-state index is 4.55. The molecule has 0 spiro atoms. The van der Waals surface area contributed by atoms with E-state index < -0.39 is 0 Å². The van der Waals surface area contributed by atoms with Crippen LogP contribution in [-0.4, -0.2) is 9.97 Å². The maximum Gasteiger partial charge on any atom is 0.0437 e. The van der Waals surface area contributed by atoms with Crippen molar-refractivity contribution >= 4 is 0 Å². The molecule has 2 heterocycles. The van der Waals surface area contributed by atoms with E-state index in [9.17, 15) is 0 Å². The van der Waals surface area contributed by atoms with E-state index in [-0.39, 0.29) is 0 Å². The van der Waals surface area contributed by atoms with Crippen LogP contribution in [0.5, 0.6) is 0 Å². The summed E-state index contributed by atoms with van der Waals surface area (Å²) in [6, 6.07) is 8.55. The Morgan fingerprint density at radius 3 is 2.32 bits per heavy atom.